The van der Waals surface area contributed by atoms with Crippen molar-refractivity contribution in [3.8, 4) is 0 Å². The SMILES string of the molecule is CN1CCc2ccccc2C1C(O)C1COC(C)(C)O1. The topological polar surface area (TPSA) is 41.9 Å². The van der Waals surface area contributed by atoms with Gasteiger partial charge in [-0.15, -0.1) is 0 Å². The van der Waals surface area contributed by atoms with Crippen molar-refractivity contribution < 1.29 is 14.6 Å². The number of hydrogen-bond acceptors (Lipinski definition) is 4. The first-order valence-corrected chi connectivity index (χ1v) is 7.26. The van der Waals surface area contributed by atoms with Gasteiger partial charge in [0.15, 0.2) is 5.79 Å². The van der Waals surface area contributed by atoms with Crippen molar-refractivity contribution in [2.24, 2.45) is 0 Å². The fraction of sp³-hybridized carbons (Fsp3) is 0.625. The van der Waals surface area contributed by atoms with Crippen LogP contribution in [0.15, 0.2) is 24.3 Å². The molecule has 1 N–H and O–H groups in total. The summed E-state index contributed by atoms with van der Waals surface area (Å²) in [4.78, 5) is 2.21. The second-order valence-electron chi connectivity index (χ2n) is 6.23. The molecule has 2 heterocycles. The van der Waals surface area contributed by atoms with E-state index in [1.165, 1.54) is 11.1 Å². The van der Waals surface area contributed by atoms with Crippen LogP contribution in [0.3, 0.4) is 0 Å². The average molecular weight is 277 g/mol. The molecule has 0 aromatic heterocycles. The van der Waals surface area contributed by atoms with E-state index in [0.717, 1.165) is 13.0 Å². The van der Waals surface area contributed by atoms with E-state index in [2.05, 4.69) is 30.1 Å². The normalized spacial score (nSPS) is 31.0. The maximum atomic E-state index is 10.8. The van der Waals surface area contributed by atoms with Gasteiger partial charge in [0, 0.05) is 6.54 Å². The third-order valence-corrected chi connectivity index (χ3v) is 4.32. The molecule has 0 bridgehead atoms. The van der Waals surface area contributed by atoms with Crippen LogP contribution in [0.25, 0.3) is 0 Å². The van der Waals surface area contributed by atoms with Gasteiger partial charge in [-0.2, -0.15) is 0 Å². The molecular weight excluding hydrogens is 254 g/mol. The summed E-state index contributed by atoms with van der Waals surface area (Å²) < 4.78 is 11.4. The smallest absolute Gasteiger partial charge is 0.163 e. The van der Waals surface area contributed by atoms with Crippen LogP contribution in [-0.4, -0.2) is 48.2 Å². The van der Waals surface area contributed by atoms with Crippen molar-refractivity contribution in [3.05, 3.63) is 35.4 Å². The first-order valence-electron chi connectivity index (χ1n) is 7.26. The Morgan fingerprint density at radius 3 is 2.80 bits per heavy atom. The Balaban J connectivity index is 1.86. The number of fused-ring (bicyclic) bond motifs is 1. The van der Waals surface area contributed by atoms with Crippen molar-refractivity contribution in [2.75, 3.05) is 20.2 Å². The number of aliphatic hydroxyl groups excluding tert-OH is 1. The van der Waals surface area contributed by atoms with Crippen LogP contribution in [0.1, 0.15) is 31.0 Å². The second kappa shape index (κ2) is 5.11. The van der Waals surface area contributed by atoms with Crippen LogP contribution < -0.4 is 0 Å². The van der Waals surface area contributed by atoms with Gasteiger partial charge in [-0.05, 0) is 38.4 Å². The summed E-state index contributed by atoms with van der Waals surface area (Å²) in [6, 6.07) is 8.33. The van der Waals surface area contributed by atoms with Crippen LogP contribution >= 0.6 is 0 Å². The van der Waals surface area contributed by atoms with Crippen LogP contribution in [0.2, 0.25) is 0 Å². The van der Waals surface area contributed by atoms with Crippen LogP contribution in [0.5, 0.6) is 0 Å². The Morgan fingerprint density at radius 1 is 1.35 bits per heavy atom. The van der Waals surface area contributed by atoms with Gasteiger partial charge in [0.2, 0.25) is 0 Å². The van der Waals surface area contributed by atoms with E-state index in [1.54, 1.807) is 0 Å². The number of benzene rings is 1. The number of likely N-dealkylation sites (N-methyl/N-ethyl adjacent to an activating group) is 1. The Hall–Kier alpha value is -0.940. The zero-order valence-corrected chi connectivity index (χ0v) is 12.4. The molecule has 3 unspecified atom stereocenters. The Labute approximate surface area is 120 Å². The molecule has 0 saturated carbocycles. The van der Waals surface area contributed by atoms with E-state index in [1.807, 2.05) is 19.9 Å². The van der Waals surface area contributed by atoms with E-state index < -0.39 is 11.9 Å². The lowest BCUT2D eigenvalue weighted by Crippen LogP contribution is -2.45. The summed E-state index contributed by atoms with van der Waals surface area (Å²) >= 11 is 0. The summed E-state index contributed by atoms with van der Waals surface area (Å²) in [5.41, 5.74) is 2.54. The van der Waals surface area contributed by atoms with Crippen LogP contribution in [0.4, 0.5) is 0 Å². The van der Waals surface area contributed by atoms with Crippen LogP contribution in [-0.2, 0) is 15.9 Å². The molecule has 3 atom stereocenters. The summed E-state index contributed by atoms with van der Waals surface area (Å²) in [5, 5.41) is 10.8. The molecule has 1 saturated heterocycles. The molecule has 0 aliphatic carbocycles. The Morgan fingerprint density at radius 2 is 2.10 bits per heavy atom. The summed E-state index contributed by atoms with van der Waals surface area (Å²) in [5.74, 6) is -0.599. The number of aliphatic hydroxyl groups is 1. The maximum Gasteiger partial charge on any atom is 0.163 e. The first kappa shape index (κ1) is 14.0. The van der Waals surface area contributed by atoms with E-state index in [4.69, 9.17) is 9.47 Å². The lowest BCUT2D eigenvalue weighted by Gasteiger charge is -2.39. The van der Waals surface area contributed by atoms with E-state index >= 15 is 0 Å². The van der Waals surface area contributed by atoms with Gasteiger partial charge in [0.25, 0.3) is 0 Å². The monoisotopic (exact) mass is 277 g/mol. The summed E-state index contributed by atoms with van der Waals surface area (Å²) in [6.45, 7) is 5.17. The largest absolute Gasteiger partial charge is 0.388 e. The Kier molecular flexibility index (Phi) is 3.58. The second-order valence-corrected chi connectivity index (χ2v) is 6.23. The van der Waals surface area contributed by atoms with Gasteiger partial charge in [0.1, 0.15) is 12.2 Å². The van der Waals surface area contributed by atoms with Crippen molar-refractivity contribution in [3.63, 3.8) is 0 Å². The lowest BCUT2D eigenvalue weighted by molar-refractivity contribution is -0.157. The highest BCUT2D eigenvalue weighted by Gasteiger charge is 2.42. The molecule has 4 heteroatoms. The molecule has 1 aromatic rings. The zero-order valence-electron chi connectivity index (χ0n) is 12.4. The molecule has 1 fully saturated rings. The molecule has 110 valence electrons. The fourth-order valence-electron chi connectivity index (χ4n) is 3.26. The van der Waals surface area contributed by atoms with Crippen molar-refractivity contribution in [2.45, 2.75) is 44.3 Å². The van der Waals surface area contributed by atoms with Gasteiger partial charge in [-0.3, -0.25) is 4.90 Å². The Bertz CT molecular complexity index is 488. The molecule has 0 spiro atoms. The van der Waals surface area contributed by atoms with E-state index in [0.29, 0.717) is 6.61 Å². The predicted molar refractivity (Wildman–Crippen MR) is 76.4 cm³/mol. The van der Waals surface area contributed by atoms with Gasteiger partial charge in [-0.25, -0.2) is 0 Å². The predicted octanol–water partition coefficient (Wildman–Crippen LogP) is 1.73. The standard InChI is InChI=1S/C16H23NO3/c1-16(2)19-10-13(20-16)15(18)14-12-7-5-4-6-11(12)8-9-17(14)3/h4-7,13-15,18H,8-10H2,1-3H3. The van der Waals surface area contributed by atoms with Gasteiger partial charge < -0.3 is 14.6 Å². The number of hydrogen-bond donors (Lipinski definition) is 1. The van der Waals surface area contributed by atoms with E-state index in [-0.39, 0.29) is 12.1 Å². The molecule has 3 rings (SSSR count). The number of rotatable bonds is 2. The molecule has 1 aromatic carbocycles. The number of nitrogens with zero attached hydrogens (tertiary/aromatic N) is 1. The number of ether oxygens (including phenoxy) is 2. The van der Waals surface area contributed by atoms with Gasteiger partial charge in [-0.1, -0.05) is 24.3 Å². The fourth-order valence-corrected chi connectivity index (χ4v) is 3.26. The van der Waals surface area contributed by atoms with Crippen LogP contribution in [0, 0.1) is 0 Å². The van der Waals surface area contributed by atoms with Crippen molar-refractivity contribution in [1.82, 2.24) is 4.90 Å². The highest BCUT2D eigenvalue weighted by molar-refractivity contribution is 5.33. The molecule has 2 aliphatic rings. The lowest BCUT2D eigenvalue weighted by atomic mass is 9.88. The zero-order chi connectivity index (χ0) is 14.3. The highest BCUT2D eigenvalue weighted by Crippen LogP contribution is 2.35. The first-order chi connectivity index (χ1) is 9.48. The van der Waals surface area contributed by atoms with E-state index in [9.17, 15) is 5.11 Å². The molecule has 20 heavy (non-hydrogen) atoms. The quantitative estimate of drug-likeness (QED) is 0.894. The van der Waals surface area contributed by atoms with Gasteiger partial charge in [0.05, 0.1) is 12.6 Å². The molecule has 2 aliphatic heterocycles. The maximum absolute atomic E-state index is 10.8. The minimum atomic E-state index is -0.599. The molecule has 0 amide bonds. The van der Waals surface area contributed by atoms with Gasteiger partial charge >= 0.3 is 0 Å². The molecular formula is C16H23NO3. The molecule has 0 radical (unpaired) electrons. The average Bonchev–Trinajstić information content (AvgIpc) is 2.78. The van der Waals surface area contributed by atoms with Crippen molar-refractivity contribution >= 4 is 0 Å². The third-order valence-electron chi connectivity index (χ3n) is 4.32. The van der Waals surface area contributed by atoms with Crippen molar-refractivity contribution in [1.29, 1.82) is 0 Å². The molecule has 4 nitrogen and oxygen atoms in total. The highest BCUT2D eigenvalue weighted by atomic mass is 16.7. The minimum Gasteiger partial charge on any atom is -0.388 e. The summed E-state index contributed by atoms with van der Waals surface area (Å²) in [7, 11) is 2.06. The third kappa shape index (κ3) is 2.49. The summed E-state index contributed by atoms with van der Waals surface area (Å²) in [6.07, 6.45) is 0.176. The minimum absolute atomic E-state index is 0.0255.